The molecule has 0 aliphatic heterocycles. The van der Waals surface area contributed by atoms with Crippen molar-refractivity contribution < 1.29 is 0 Å². The second kappa shape index (κ2) is 2.77. The Hall–Kier alpha value is -1.06. The van der Waals surface area contributed by atoms with E-state index >= 15 is 0 Å². The molecule has 0 amide bonds. The average Bonchev–Trinajstić information content (AvgIpc) is 2.64. The van der Waals surface area contributed by atoms with E-state index in [0.717, 1.165) is 11.5 Å². The fourth-order valence-corrected chi connectivity index (χ4v) is 1.80. The van der Waals surface area contributed by atoms with Crippen molar-refractivity contribution in [2.45, 2.75) is 38.6 Å². The van der Waals surface area contributed by atoms with Gasteiger partial charge >= 0.3 is 0 Å². The van der Waals surface area contributed by atoms with Crippen molar-refractivity contribution in [2.24, 2.45) is 0 Å². The van der Waals surface area contributed by atoms with Crippen molar-refractivity contribution in [1.29, 1.82) is 0 Å². The lowest BCUT2D eigenvalue weighted by Gasteiger charge is -2.09. The van der Waals surface area contributed by atoms with Gasteiger partial charge in [0, 0.05) is 0 Å². The van der Waals surface area contributed by atoms with E-state index in [4.69, 9.17) is 5.73 Å². The number of anilines is 1. The van der Waals surface area contributed by atoms with E-state index in [2.05, 4.69) is 10.3 Å². The second-order valence-corrected chi connectivity index (χ2v) is 3.44. The van der Waals surface area contributed by atoms with Crippen LogP contribution in [0.25, 0.3) is 0 Å². The summed E-state index contributed by atoms with van der Waals surface area (Å²) in [5.41, 5.74) is 6.67. The SMILES string of the molecule is Cc1nnn(C2CCCC2)c1N. The number of aryl methyl sites for hydroxylation is 1. The minimum absolute atomic E-state index is 0.506. The molecule has 4 nitrogen and oxygen atoms in total. The van der Waals surface area contributed by atoms with Gasteiger partial charge in [-0.25, -0.2) is 4.68 Å². The van der Waals surface area contributed by atoms with Crippen molar-refractivity contribution in [1.82, 2.24) is 15.0 Å². The molecular formula is C8H14N4. The van der Waals surface area contributed by atoms with Gasteiger partial charge < -0.3 is 5.73 Å². The molecule has 1 aliphatic rings. The first-order chi connectivity index (χ1) is 5.79. The first-order valence-electron chi connectivity index (χ1n) is 4.46. The van der Waals surface area contributed by atoms with Crippen LogP contribution in [0.1, 0.15) is 37.4 Å². The molecule has 2 rings (SSSR count). The predicted molar refractivity (Wildman–Crippen MR) is 46.7 cm³/mol. The van der Waals surface area contributed by atoms with E-state index in [9.17, 15) is 0 Å². The molecule has 0 unspecified atom stereocenters. The molecular weight excluding hydrogens is 152 g/mol. The van der Waals surface area contributed by atoms with Gasteiger partial charge in [-0.1, -0.05) is 18.1 Å². The van der Waals surface area contributed by atoms with Gasteiger partial charge in [0.2, 0.25) is 0 Å². The minimum Gasteiger partial charge on any atom is -0.382 e. The zero-order chi connectivity index (χ0) is 8.55. The summed E-state index contributed by atoms with van der Waals surface area (Å²) in [5, 5.41) is 7.99. The third-order valence-corrected chi connectivity index (χ3v) is 2.58. The van der Waals surface area contributed by atoms with E-state index in [1.54, 1.807) is 0 Å². The molecule has 1 aliphatic carbocycles. The summed E-state index contributed by atoms with van der Waals surface area (Å²) >= 11 is 0. The molecule has 1 saturated carbocycles. The number of nitrogens with zero attached hydrogens (tertiary/aromatic N) is 3. The third-order valence-electron chi connectivity index (χ3n) is 2.58. The summed E-state index contributed by atoms with van der Waals surface area (Å²) in [7, 11) is 0. The fourth-order valence-electron chi connectivity index (χ4n) is 1.80. The average molecular weight is 166 g/mol. The Morgan fingerprint density at radius 3 is 2.58 bits per heavy atom. The third kappa shape index (κ3) is 1.07. The number of rotatable bonds is 1. The Bertz CT molecular complexity index is 273. The molecule has 4 heteroatoms. The van der Waals surface area contributed by atoms with Crippen LogP contribution in [0.5, 0.6) is 0 Å². The molecule has 2 N–H and O–H groups in total. The standard InChI is InChI=1S/C8H14N4/c1-6-8(9)12(11-10-6)7-4-2-3-5-7/h7H,2-5,9H2,1H3. The van der Waals surface area contributed by atoms with Gasteiger partial charge in [-0.15, -0.1) is 5.10 Å². The van der Waals surface area contributed by atoms with Crippen LogP contribution in [0.15, 0.2) is 0 Å². The van der Waals surface area contributed by atoms with Crippen molar-refractivity contribution in [3.8, 4) is 0 Å². The van der Waals surface area contributed by atoms with Crippen LogP contribution in [0, 0.1) is 6.92 Å². The molecule has 0 spiro atoms. The normalized spacial score (nSPS) is 18.8. The van der Waals surface area contributed by atoms with Crippen LogP contribution in [0.3, 0.4) is 0 Å². The molecule has 12 heavy (non-hydrogen) atoms. The highest BCUT2D eigenvalue weighted by molar-refractivity contribution is 5.32. The lowest BCUT2D eigenvalue weighted by Crippen LogP contribution is -2.10. The van der Waals surface area contributed by atoms with Gasteiger partial charge in [0.05, 0.1) is 6.04 Å². The summed E-state index contributed by atoms with van der Waals surface area (Å²) < 4.78 is 1.88. The van der Waals surface area contributed by atoms with E-state index in [1.165, 1.54) is 25.7 Å². The summed E-state index contributed by atoms with van der Waals surface area (Å²) in [6.07, 6.45) is 4.99. The summed E-state index contributed by atoms with van der Waals surface area (Å²) in [6.45, 7) is 1.90. The summed E-state index contributed by atoms with van der Waals surface area (Å²) in [6, 6.07) is 0.506. The Labute approximate surface area is 71.8 Å². The maximum Gasteiger partial charge on any atom is 0.145 e. The smallest absolute Gasteiger partial charge is 0.145 e. The van der Waals surface area contributed by atoms with Gasteiger partial charge in [-0.3, -0.25) is 0 Å². The molecule has 1 heterocycles. The van der Waals surface area contributed by atoms with Gasteiger partial charge in [-0.05, 0) is 19.8 Å². The van der Waals surface area contributed by atoms with E-state index in [1.807, 2.05) is 11.6 Å². The second-order valence-electron chi connectivity index (χ2n) is 3.44. The van der Waals surface area contributed by atoms with E-state index < -0.39 is 0 Å². The van der Waals surface area contributed by atoms with Gasteiger partial charge in [-0.2, -0.15) is 0 Å². The van der Waals surface area contributed by atoms with Crippen molar-refractivity contribution in [3.63, 3.8) is 0 Å². The zero-order valence-corrected chi connectivity index (χ0v) is 7.32. The van der Waals surface area contributed by atoms with Gasteiger partial charge in [0.15, 0.2) is 0 Å². The monoisotopic (exact) mass is 166 g/mol. The minimum atomic E-state index is 0.506. The number of hydrogen-bond donors (Lipinski definition) is 1. The van der Waals surface area contributed by atoms with Gasteiger partial charge in [0.25, 0.3) is 0 Å². The first kappa shape index (κ1) is 7.58. The largest absolute Gasteiger partial charge is 0.382 e. The molecule has 0 saturated heterocycles. The number of aromatic nitrogens is 3. The van der Waals surface area contributed by atoms with E-state index in [0.29, 0.717) is 6.04 Å². The number of nitrogens with two attached hydrogens (primary N) is 1. The van der Waals surface area contributed by atoms with Crippen LogP contribution >= 0.6 is 0 Å². The summed E-state index contributed by atoms with van der Waals surface area (Å²) in [5.74, 6) is 0.738. The van der Waals surface area contributed by atoms with Crippen LogP contribution in [0.4, 0.5) is 5.82 Å². The van der Waals surface area contributed by atoms with Crippen molar-refractivity contribution in [3.05, 3.63) is 5.69 Å². The molecule has 1 fully saturated rings. The van der Waals surface area contributed by atoms with Crippen LogP contribution in [-0.4, -0.2) is 15.0 Å². The summed E-state index contributed by atoms with van der Waals surface area (Å²) in [4.78, 5) is 0. The Morgan fingerprint density at radius 1 is 1.42 bits per heavy atom. The number of hydrogen-bond acceptors (Lipinski definition) is 3. The fraction of sp³-hybridized carbons (Fsp3) is 0.750. The van der Waals surface area contributed by atoms with Gasteiger partial charge in [0.1, 0.15) is 11.5 Å². The lowest BCUT2D eigenvalue weighted by molar-refractivity contribution is 0.460. The predicted octanol–water partition coefficient (Wildman–Crippen LogP) is 1.28. The highest BCUT2D eigenvalue weighted by Crippen LogP contribution is 2.30. The molecule has 66 valence electrons. The topological polar surface area (TPSA) is 56.7 Å². The molecule has 0 aromatic carbocycles. The lowest BCUT2D eigenvalue weighted by atomic mass is 10.2. The maximum atomic E-state index is 5.82. The molecule has 0 atom stereocenters. The van der Waals surface area contributed by atoms with Crippen molar-refractivity contribution >= 4 is 5.82 Å². The highest BCUT2D eigenvalue weighted by Gasteiger charge is 2.20. The Morgan fingerprint density at radius 2 is 2.08 bits per heavy atom. The quantitative estimate of drug-likeness (QED) is 0.683. The molecule has 0 radical (unpaired) electrons. The van der Waals surface area contributed by atoms with E-state index in [-0.39, 0.29) is 0 Å². The van der Waals surface area contributed by atoms with Crippen molar-refractivity contribution in [2.75, 3.05) is 5.73 Å². The Kier molecular flexibility index (Phi) is 1.75. The highest BCUT2D eigenvalue weighted by atomic mass is 15.5. The molecule has 0 bridgehead atoms. The van der Waals surface area contributed by atoms with Crippen LogP contribution in [-0.2, 0) is 0 Å². The molecule has 1 aromatic rings. The number of nitrogen functional groups attached to an aromatic ring is 1. The van der Waals surface area contributed by atoms with Crippen LogP contribution in [0.2, 0.25) is 0 Å². The molecule has 1 aromatic heterocycles. The first-order valence-corrected chi connectivity index (χ1v) is 4.46. The maximum absolute atomic E-state index is 5.82. The zero-order valence-electron chi connectivity index (χ0n) is 7.32. The Balaban J connectivity index is 2.26. The van der Waals surface area contributed by atoms with Crippen LogP contribution < -0.4 is 5.73 Å².